The van der Waals surface area contributed by atoms with E-state index in [1.165, 1.54) is 42.5 Å². The average molecular weight is 243 g/mol. The maximum absolute atomic E-state index is 4.98. The van der Waals surface area contributed by atoms with E-state index in [1.54, 1.807) is 0 Å². The molecule has 0 saturated heterocycles. The lowest BCUT2D eigenvalue weighted by Gasteiger charge is -2.30. The van der Waals surface area contributed by atoms with Crippen molar-refractivity contribution in [2.24, 2.45) is 4.99 Å². The smallest absolute Gasteiger partial charge is 0.0543 e. The van der Waals surface area contributed by atoms with Crippen LogP contribution in [0.1, 0.15) is 69.9 Å². The number of rotatable bonds is 5. The van der Waals surface area contributed by atoms with Crippen LogP contribution >= 0.6 is 0 Å². The number of fused-ring (bicyclic) bond motifs is 1. The third-order valence-electron chi connectivity index (χ3n) is 3.98. The van der Waals surface area contributed by atoms with Crippen molar-refractivity contribution >= 4 is 5.71 Å². The van der Waals surface area contributed by atoms with E-state index in [1.807, 2.05) is 0 Å². The molecule has 0 bridgehead atoms. The number of aliphatic imine (C=N–C) groups is 1. The first-order valence-corrected chi connectivity index (χ1v) is 7.43. The molecule has 1 heteroatoms. The van der Waals surface area contributed by atoms with Crippen molar-refractivity contribution in [2.75, 3.05) is 0 Å². The maximum Gasteiger partial charge on any atom is 0.0543 e. The molecule has 2 rings (SSSR count). The number of nitrogens with zero attached hydrogens (tertiary/aromatic N) is 1. The molecule has 0 N–H and O–H groups in total. The minimum atomic E-state index is 0.451. The van der Waals surface area contributed by atoms with Crippen molar-refractivity contribution in [1.29, 1.82) is 0 Å². The van der Waals surface area contributed by atoms with E-state index < -0.39 is 0 Å². The highest BCUT2D eigenvalue weighted by Gasteiger charge is 2.26. The second-order valence-electron chi connectivity index (χ2n) is 5.40. The van der Waals surface area contributed by atoms with Gasteiger partial charge in [0.25, 0.3) is 0 Å². The van der Waals surface area contributed by atoms with E-state index in [-0.39, 0.29) is 0 Å². The first-order chi connectivity index (χ1) is 8.77. The molecule has 2 atom stereocenters. The Labute approximate surface area is 111 Å². The van der Waals surface area contributed by atoms with E-state index >= 15 is 0 Å². The van der Waals surface area contributed by atoms with Crippen molar-refractivity contribution in [3.63, 3.8) is 0 Å². The summed E-state index contributed by atoms with van der Waals surface area (Å²) in [4.78, 5) is 4.98. The normalized spacial score (nSPS) is 22.5. The number of hydrogen-bond donors (Lipinski definition) is 0. The van der Waals surface area contributed by atoms with Gasteiger partial charge in [0.2, 0.25) is 0 Å². The Hall–Kier alpha value is -1.11. The van der Waals surface area contributed by atoms with E-state index in [4.69, 9.17) is 4.99 Å². The Kier molecular flexibility index (Phi) is 4.57. The number of benzene rings is 1. The SMILES string of the molecule is CCCCC1=NC(C)[C@H](CCC)c2ccccc21. The van der Waals surface area contributed by atoms with Crippen LogP contribution in [-0.2, 0) is 0 Å². The quantitative estimate of drug-likeness (QED) is 0.693. The fourth-order valence-corrected chi connectivity index (χ4v) is 3.00. The lowest BCUT2D eigenvalue weighted by atomic mass is 9.81. The highest BCUT2D eigenvalue weighted by molar-refractivity contribution is 6.03. The molecule has 98 valence electrons. The summed E-state index contributed by atoms with van der Waals surface area (Å²) in [6, 6.07) is 9.35. The Bertz CT molecular complexity index is 419. The van der Waals surface area contributed by atoms with Gasteiger partial charge in [-0.3, -0.25) is 4.99 Å². The van der Waals surface area contributed by atoms with Gasteiger partial charge in [0, 0.05) is 11.6 Å². The van der Waals surface area contributed by atoms with Gasteiger partial charge in [0.05, 0.1) is 6.04 Å². The van der Waals surface area contributed by atoms with Crippen LogP contribution in [0.2, 0.25) is 0 Å². The zero-order chi connectivity index (χ0) is 13.0. The third-order valence-corrected chi connectivity index (χ3v) is 3.98. The highest BCUT2D eigenvalue weighted by Crippen LogP contribution is 2.34. The van der Waals surface area contributed by atoms with Crippen LogP contribution in [0, 0.1) is 0 Å². The summed E-state index contributed by atoms with van der Waals surface area (Å²) in [6.07, 6.45) is 6.12. The standard InChI is InChI=1S/C17H25N/c1-4-6-12-17-16-11-8-7-10-15(16)14(9-5-2)13(3)18-17/h7-8,10-11,13-14H,4-6,9,12H2,1-3H3/t13?,14-/m0/s1. The number of unbranched alkanes of at least 4 members (excludes halogenated alkanes) is 1. The molecule has 1 aromatic rings. The second kappa shape index (κ2) is 6.17. The first-order valence-electron chi connectivity index (χ1n) is 7.43. The molecule has 1 unspecified atom stereocenters. The maximum atomic E-state index is 4.98. The summed E-state index contributed by atoms with van der Waals surface area (Å²) < 4.78 is 0. The predicted octanol–water partition coefficient (Wildman–Crippen LogP) is 4.95. The van der Waals surface area contributed by atoms with Crippen molar-refractivity contribution in [2.45, 2.75) is 64.8 Å². The summed E-state index contributed by atoms with van der Waals surface area (Å²) in [6.45, 7) is 6.80. The molecule has 0 saturated carbocycles. The molecule has 1 aromatic carbocycles. The van der Waals surface area contributed by atoms with Crippen LogP contribution in [0.5, 0.6) is 0 Å². The zero-order valence-corrected chi connectivity index (χ0v) is 11.9. The predicted molar refractivity (Wildman–Crippen MR) is 79.6 cm³/mol. The highest BCUT2D eigenvalue weighted by atomic mass is 14.8. The van der Waals surface area contributed by atoms with E-state index in [0.717, 1.165) is 6.42 Å². The molecule has 1 aliphatic heterocycles. The Morgan fingerprint density at radius 3 is 2.61 bits per heavy atom. The molecule has 0 fully saturated rings. The van der Waals surface area contributed by atoms with Crippen LogP contribution in [0.3, 0.4) is 0 Å². The molecule has 1 nitrogen and oxygen atoms in total. The summed E-state index contributed by atoms with van der Waals surface area (Å²) in [5.74, 6) is 0.622. The fourth-order valence-electron chi connectivity index (χ4n) is 3.00. The van der Waals surface area contributed by atoms with Crippen molar-refractivity contribution in [3.05, 3.63) is 35.4 Å². The lowest BCUT2D eigenvalue weighted by Crippen LogP contribution is -2.24. The van der Waals surface area contributed by atoms with Crippen molar-refractivity contribution in [1.82, 2.24) is 0 Å². The topological polar surface area (TPSA) is 12.4 Å². The second-order valence-corrected chi connectivity index (χ2v) is 5.40. The third kappa shape index (κ3) is 2.66. The molecule has 0 radical (unpaired) electrons. The first kappa shape index (κ1) is 13.3. The van der Waals surface area contributed by atoms with Gasteiger partial charge in [-0.1, -0.05) is 51.0 Å². The van der Waals surface area contributed by atoms with Crippen LogP contribution < -0.4 is 0 Å². The van der Waals surface area contributed by atoms with Gasteiger partial charge in [-0.25, -0.2) is 0 Å². The lowest BCUT2D eigenvalue weighted by molar-refractivity contribution is 0.516. The fraction of sp³-hybridized carbons (Fsp3) is 0.588. The molecular formula is C17H25N. The molecule has 1 aliphatic rings. The van der Waals surface area contributed by atoms with Crippen molar-refractivity contribution < 1.29 is 0 Å². The Balaban J connectivity index is 2.33. The van der Waals surface area contributed by atoms with Gasteiger partial charge in [0.1, 0.15) is 0 Å². The van der Waals surface area contributed by atoms with E-state index in [0.29, 0.717) is 12.0 Å². The molecule has 0 amide bonds. The van der Waals surface area contributed by atoms with Gasteiger partial charge in [0.15, 0.2) is 0 Å². The Morgan fingerprint density at radius 1 is 1.11 bits per heavy atom. The molecular weight excluding hydrogens is 218 g/mol. The number of hydrogen-bond acceptors (Lipinski definition) is 1. The van der Waals surface area contributed by atoms with Crippen LogP contribution in [-0.4, -0.2) is 11.8 Å². The van der Waals surface area contributed by atoms with Gasteiger partial charge in [-0.05, 0) is 37.3 Å². The van der Waals surface area contributed by atoms with Gasteiger partial charge >= 0.3 is 0 Å². The largest absolute Gasteiger partial charge is 0.285 e. The minimum Gasteiger partial charge on any atom is -0.285 e. The minimum absolute atomic E-state index is 0.451. The van der Waals surface area contributed by atoms with Gasteiger partial charge in [-0.15, -0.1) is 0 Å². The van der Waals surface area contributed by atoms with E-state index in [9.17, 15) is 0 Å². The van der Waals surface area contributed by atoms with Crippen molar-refractivity contribution in [3.8, 4) is 0 Å². The summed E-state index contributed by atoms with van der Waals surface area (Å²) >= 11 is 0. The van der Waals surface area contributed by atoms with Crippen LogP contribution in [0.4, 0.5) is 0 Å². The molecule has 0 aliphatic carbocycles. The Morgan fingerprint density at radius 2 is 1.89 bits per heavy atom. The van der Waals surface area contributed by atoms with E-state index in [2.05, 4.69) is 45.0 Å². The summed E-state index contributed by atoms with van der Waals surface area (Å²) in [5.41, 5.74) is 4.29. The van der Waals surface area contributed by atoms with Crippen LogP contribution in [0.15, 0.2) is 29.3 Å². The average Bonchev–Trinajstić information content (AvgIpc) is 2.40. The van der Waals surface area contributed by atoms with Crippen LogP contribution in [0.25, 0.3) is 0 Å². The molecule has 18 heavy (non-hydrogen) atoms. The molecule has 1 heterocycles. The summed E-state index contributed by atoms with van der Waals surface area (Å²) in [5, 5.41) is 0. The van der Waals surface area contributed by atoms with Gasteiger partial charge in [-0.2, -0.15) is 0 Å². The zero-order valence-electron chi connectivity index (χ0n) is 11.9. The molecule has 0 aromatic heterocycles. The summed E-state index contributed by atoms with van der Waals surface area (Å²) in [7, 11) is 0. The van der Waals surface area contributed by atoms with Gasteiger partial charge < -0.3 is 0 Å². The molecule has 0 spiro atoms. The monoisotopic (exact) mass is 243 g/mol.